The molecule has 0 aliphatic heterocycles. The van der Waals surface area contributed by atoms with Crippen LogP contribution in [0.2, 0.25) is 5.02 Å². The van der Waals surface area contributed by atoms with E-state index in [0.29, 0.717) is 10.6 Å². The molecule has 0 bridgehead atoms. The number of nitrogens with one attached hydrogen (secondary N) is 1. The van der Waals surface area contributed by atoms with Gasteiger partial charge < -0.3 is 9.88 Å². The Hall–Kier alpha value is -2.31. The molecule has 1 aromatic heterocycles. The highest BCUT2D eigenvalue weighted by atomic mass is 35.5. The number of rotatable bonds is 5. The molecule has 134 valence electrons. The van der Waals surface area contributed by atoms with Crippen LogP contribution in [0.15, 0.2) is 53.9 Å². The van der Waals surface area contributed by atoms with Crippen molar-refractivity contribution in [3.05, 3.63) is 70.5 Å². The van der Waals surface area contributed by atoms with E-state index in [4.69, 9.17) is 11.6 Å². The second-order valence-electron chi connectivity index (χ2n) is 6.03. The van der Waals surface area contributed by atoms with Gasteiger partial charge in [0, 0.05) is 28.6 Å². The van der Waals surface area contributed by atoms with Gasteiger partial charge in [0.1, 0.15) is 6.33 Å². The first-order valence-corrected chi connectivity index (χ1v) is 9.38. The molecule has 5 nitrogen and oxygen atoms in total. The second kappa shape index (κ2) is 7.93. The molecule has 0 saturated carbocycles. The molecule has 0 spiro atoms. The summed E-state index contributed by atoms with van der Waals surface area (Å²) in [6.45, 7) is 3.98. The number of aromatic nitrogens is 3. The van der Waals surface area contributed by atoms with Crippen molar-refractivity contribution in [2.75, 3.05) is 5.32 Å². The Morgan fingerprint density at radius 3 is 2.77 bits per heavy atom. The van der Waals surface area contributed by atoms with Crippen molar-refractivity contribution in [3.8, 4) is 0 Å². The minimum absolute atomic E-state index is 0.157. The molecule has 0 fully saturated rings. The Balaban J connectivity index is 1.73. The smallest absolute Gasteiger partial charge is 0.255 e. The van der Waals surface area contributed by atoms with Gasteiger partial charge in [-0.1, -0.05) is 35.5 Å². The van der Waals surface area contributed by atoms with Crippen LogP contribution in [0.3, 0.4) is 0 Å². The molecule has 0 unspecified atom stereocenters. The highest BCUT2D eigenvalue weighted by Gasteiger charge is 2.13. The van der Waals surface area contributed by atoms with Crippen LogP contribution >= 0.6 is 23.4 Å². The molecule has 0 saturated heterocycles. The molecule has 2 aromatic carbocycles. The van der Waals surface area contributed by atoms with Crippen LogP contribution in [0.5, 0.6) is 0 Å². The molecule has 3 aromatic rings. The predicted molar refractivity (Wildman–Crippen MR) is 106 cm³/mol. The van der Waals surface area contributed by atoms with Gasteiger partial charge in [-0.05, 0) is 55.3 Å². The Morgan fingerprint density at radius 2 is 2.08 bits per heavy atom. The van der Waals surface area contributed by atoms with E-state index in [1.165, 1.54) is 0 Å². The average Bonchev–Trinajstić information content (AvgIpc) is 3.02. The van der Waals surface area contributed by atoms with E-state index in [0.717, 1.165) is 22.0 Å². The minimum Gasteiger partial charge on any atom is -0.322 e. The molecule has 3 rings (SSSR count). The Kier molecular flexibility index (Phi) is 5.64. The third-order valence-corrected chi connectivity index (χ3v) is 5.62. The van der Waals surface area contributed by atoms with Crippen molar-refractivity contribution in [1.29, 1.82) is 0 Å². The number of benzene rings is 2. The number of carbonyl (C=O) groups is 1. The lowest BCUT2D eigenvalue weighted by molar-refractivity contribution is 0.102. The normalized spacial score (nSPS) is 12.0. The van der Waals surface area contributed by atoms with Gasteiger partial charge in [0.15, 0.2) is 5.16 Å². The first-order valence-electron chi connectivity index (χ1n) is 8.12. The Morgan fingerprint density at radius 1 is 1.27 bits per heavy atom. The zero-order chi connectivity index (χ0) is 18.7. The average molecular weight is 387 g/mol. The van der Waals surface area contributed by atoms with Gasteiger partial charge in [0.25, 0.3) is 5.91 Å². The summed E-state index contributed by atoms with van der Waals surface area (Å²) in [7, 11) is 1.92. The number of halogens is 1. The molecule has 1 heterocycles. The maximum atomic E-state index is 12.5. The molecular formula is C19H19ClN4OS. The van der Waals surface area contributed by atoms with E-state index >= 15 is 0 Å². The minimum atomic E-state index is -0.157. The molecular weight excluding hydrogens is 368 g/mol. The van der Waals surface area contributed by atoms with Crippen LogP contribution in [0.4, 0.5) is 5.69 Å². The fraction of sp³-hybridized carbons (Fsp3) is 0.211. The molecule has 7 heteroatoms. The van der Waals surface area contributed by atoms with Crippen LogP contribution in [-0.2, 0) is 7.05 Å². The molecule has 0 aliphatic carbocycles. The maximum Gasteiger partial charge on any atom is 0.255 e. The fourth-order valence-electron chi connectivity index (χ4n) is 2.46. The van der Waals surface area contributed by atoms with Crippen molar-refractivity contribution < 1.29 is 4.79 Å². The number of carbonyl (C=O) groups excluding carboxylic acids is 1. The highest BCUT2D eigenvalue weighted by Crippen LogP contribution is 2.34. The predicted octanol–water partition coefficient (Wildman–Crippen LogP) is 4.88. The summed E-state index contributed by atoms with van der Waals surface area (Å²) in [6.07, 6.45) is 1.68. The molecule has 0 radical (unpaired) electrons. The van der Waals surface area contributed by atoms with Gasteiger partial charge in [-0.3, -0.25) is 4.79 Å². The van der Waals surface area contributed by atoms with Gasteiger partial charge in [0.05, 0.1) is 0 Å². The van der Waals surface area contributed by atoms with Crippen molar-refractivity contribution in [1.82, 2.24) is 14.8 Å². The van der Waals surface area contributed by atoms with Crippen molar-refractivity contribution in [2.45, 2.75) is 24.3 Å². The van der Waals surface area contributed by atoms with Gasteiger partial charge in [0.2, 0.25) is 0 Å². The zero-order valence-electron chi connectivity index (χ0n) is 14.7. The van der Waals surface area contributed by atoms with Gasteiger partial charge in [-0.15, -0.1) is 10.2 Å². The molecule has 1 amide bonds. The van der Waals surface area contributed by atoms with E-state index in [1.807, 2.05) is 42.8 Å². The summed E-state index contributed by atoms with van der Waals surface area (Å²) in [5.41, 5.74) is 3.31. The first-order chi connectivity index (χ1) is 12.4. The van der Waals surface area contributed by atoms with Crippen LogP contribution in [0.1, 0.15) is 33.7 Å². The molecule has 1 atom stereocenters. The lowest BCUT2D eigenvalue weighted by Crippen LogP contribution is -2.12. The number of amides is 1. The summed E-state index contributed by atoms with van der Waals surface area (Å²) < 4.78 is 1.88. The summed E-state index contributed by atoms with van der Waals surface area (Å²) in [5, 5.41) is 12.6. The number of thioether (sulfide) groups is 1. The van der Waals surface area contributed by atoms with Gasteiger partial charge in [-0.2, -0.15) is 0 Å². The second-order valence-corrected chi connectivity index (χ2v) is 7.74. The Bertz CT molecular complexity index is 941. The largest absolute Gasteiger partial charge is 0.322 e. The standard InChI is InChI=1S/C19H19ClN4OS/c1-12-9-15(7-8-17(12)20)18(25)22-16-6-4-5-14(10-16)13(2)26-19-23-21-11-24(19)3/h4-11,13H,1-3H3,(H,22,25)/t13-/m0/s1. The lowest BCUT2D eigenvalue weighted by Gasteiger charge is -2.13. The van der Waals surface area contributed by atoms with E-state index in [-0.39, 0.29) is 11.2 Å². The van der Waals surface area contributed by atoms with E-state index in [1.54, 1.807) is 36.3 Å². The SMILES string of the molecule is Cc1cc(C(=O)Nc2cccc([C@H](C)Sc3nncn3C)c2)ccc1Cl. The third-order valence-electron chi connectivity index (χ3n) is 3.99. The van der Waals surface area contributed by atoms with E-state index in [9.17, 15) is 4.79 Å². The number of hydrogen-bond donors (Lipinski definition) is 1. The van der Waals surface area contributed by atoms with Crippen molar-refractivity contribution in [3.63, 3.8) is 0 Å². The summed E-state index contributed by atoms with van der Waals surface area (Å²) in [4.78, 5) is 12.5. The van der Waals surface area contributed by atoms with Crippen LogP contribution in [0.25, 0.3) is 0 Å². The number of nitrogens with zero attached hydrogens (tertiary/aromatic N) is 3. The van der Waals surface area contributed by atoms with Gasteiger partial charge in [-0.25, -0.2) is 0 Å². The molecule has 0 aliphatic rings. The topological polar surface area (TPSA) is 59.8 Å². The van der Waals surface area contributed by atoms with Crippen LogP contribution < -0.4 is 5.32 Å². The number of hydrogen-bond acceptors (Lipinski definition) is 4. The third kappa shape index (κ3) is 4.26. The van der Waals surface area contributed by atoms with E-state index in [2.05, 4.69) is 22.4 Å². The molecule has 1 N–H and O–H groups in total. The lowest BCUT2D eigenvalue weighted by atomic mass is 10.1. The zero-order valence-corrected chi connectivity index (χ0v) is 16.3. The monoisotopic (exact) mass is 386 g/mol. The summed E-state index contributed by atoms with van der Waals surface area (Å²) in [5.74, 6) is -0.157. The summed E-state index contributed by atoms with van der Waals surface area (Å²) in [6, 6.07) is 13.1. The van der Waals surface area contributed by atoms with Crippen LogP contribution in [-0.4, -0.2) is 20.7 Å². The molecule has 26 heavy (non-hydrogen) atoms. The fourth-order valence-corrected chi connectivity index (χ4v) is 3.49. The Labute approximate surface area is 161 Å². The maximum absolute atomic E-state index is 12.5. The quantitative estimate of drug-likeness (QED) is 0.634. The first kappa shape index (κ1) is 18.5. The summed E-state index contributed by atoms with van der Waals surface area (Å²) >= 11 is 7.64. The highest BCUT2D eigenvalue weighted by molar-refractivity contribution is 7.99. The van der Waals surface area contributed by atoms with Gasteiger partial charge >= 0.3 is 0 Å². The number of anilines is 1. The van der Waals surface area contributed by atoms with Crippen molar-refractivity contribution >= 4 is 35.0 Å². The van der Waals surface area contributed by atoms with Crippen LogP contribution in [0, 0.1) is 6.92 Å². The van der Waals surface area contributed by atoms with Crippen molar-refractivity contribution in [2.24, 2.45) is 7.05 Å². The van der Waals surface area contributed by atoms with E-state index < -0.39 is 0 Å². The number of aryl methyl sites for hydroxylation is 2.